The molecule has 3 heterocycles. The lowest BCUT2D eigenvalue weighted by atomic mass is 10.0. The Morgan fingerprint density at radius 3 is 2.67 bits per heavy atom. The molecule has 0 saturated carbocycles. The van der Waals surface area contributed by atoms with Gasteiger partial charge in [0, 0.05) is 23.0 Å². The van der Waals surface area contributed by atoms with E-state index in [0.29, 0.717) is 50.2 Å². The lowest BCUT2D eigenvalue weighted by molar-refractivity contribution is 0.0923. The van der Waals surface area contributed by atoms with Crippen molar-refractivity contribution in [2.75, 3.05) is 38.8 Å². The molecule has 1 aliphatic rings. The lowest BCUT2D eigenvalue weighted by Crippen LogP contribution is -2.40. The lowest BCUT2D eigenvalue weighted by Gasteiger charge is -2.19. The first-order valence-corrected chi connectivity index (χ1v) is 12.7. The van der Waals surface area contributed by atoms with Crippen LogP contribution in [-0.2, 0) is 4.84 Å². The second kappa shape index (κ2) is 10.7. The Kier molecular flexibility index (Phi) is 7.60. The number of hydrogen-bond donors (Lipinski definition) is 2. The highest BCUT2D eigenvalue weighted by Crippen LogP contribution is 2.34. The number of carbonyl (C=O) groups excluding carboxylic acids is 1. The van der Waals surface area contributed by atoms with E-state index < -0.39 is 0 Å². The minimum Gasteiger partial charge on any atom is -0.454 e. The number of nitrogen functional groups attached to an aromatic ring is 1. The van der Waals surface area contributed by atoms with Crippen molar-refractivity contribution in [1.29, 1.82) is 0 Å². The zero-order valence-corrected chi connectivity index (χ0v) is 22.1. The molecule has 1 amide bonds. The number of aromatic nitrogens is 2. The molecule has 0 atom stereocenters. The van der Waals surface area contributed by atoms with E-state index in [1.165, 1.54) is 11.3 Å². The van der Waals surface area contributed by atoms with Gasteiger partial charge in [-0.1, -0.05) is 19.0 Å². The molecule has 0 radical (unpaired) electrons. The molecular weight excluding hydrogens is 480 g/mol. The van der Waals surface area contributed by atoms with Gasteiger partial charge in [0.1, 0.15) is 22.8 Å². The Labute approximate surface area is 214 Å². The summed E-state index contributed by atoms with van der Waals surface area (Å²) in [4.78, 5) is 30.8. The number of nitrogens with two attached hydrogens (primary N) is 1. The van der Waals surface area contributed by atoms with E-state index >= 15 is 0 Å². The van der Waals surface area contributed by atoms with Crippen molar-refractivity contribution in [3.05, 3.63) is 40.4 Å². The molecule has 3 aromatic rings. The number of likely N-dealkylation sites (N-methyl/N-ethyl adjacent to an activating group) is 1. The van der Waals surface area contributed by atoms with Gasteiger partial charge in [-0.25, -0.2) is 9.97 Å². The van der Waals surface area contributed by atoms with E-state index in [0.717, 1.165) is 19.6 Å². The molecule has 1 aliphatic heterocycles. The minimum absolute atomic E-state index is 0.0821. The molecule has 11 heteroatoms. The summed E-state index contributed by atoms with van der Waals surface area (Å²) in [6.45, 7) is 13.2. The van der Waals surface area contributed by atoms with Crippen LogP contribution in [0.5, 0.6) is 11.5 Å². The first kappa shape index (κ1) is 25.6. The Morgan fingerprint density at radius 1 is 1.19 bits per heavy atom. The van der Waals surface area contributed by atoms with Crippen LogP contribution < -0.4 is 20.5 Å². The van der Waals surface area contributed by atoms with Gasteiger partial charge >= 0.3 is 0 Å². The van der Waals surface area contributed by atoms with Crippen LogP contribution in [0.15, 0.2) is 29.4 Å². The molecule has 1 aromatic carbocycles. The predicted molar refractivity (Wildman–Crippen MR) is 141 cm³/mol. The summed E-state index contributed by atoms with van der Waals surface area (Å²) < 4.78 is 11.0. The number of fused-ring (bicyclic) bond motifs is 2. The fourth-order valence-electron chi connectivity index (χ4n) is 3.73. The van der Waals surface area contributed by atoms with Crippen LogP contribution in [0.1, 0.15) is 55.5 Å². The third kappa shape index (κ3) is 5.85. The molecule has 0 saturated heterocycles. The summed E-state index contributed by atoms with van der Waals surface area (Å²) in [5.74, 6) is 1.16. The summed E-state index contributed by atoms with van der Waals surface area (Å²) in [6, 6.07) is 7.29. The molecule has 0 aliphatic carbocycles. The van der Waals surface area contributed by atoms with E-state index in [-0.39, 0.29) is 24.2 Å². The SMILES string of the molecule is CCN(CC)CCO/N=C(/c1ccc2c(c1)OCO2)c1nc(N)nc2sc(C(=O)NC(C)(C)C)cc12. The molecule has 2 aromatic heterocycles. The number of hydrogen-bond acceptors (Lipinski definition) is 10. The van der Waals surface area contributed by atoms with Gasteiger partial charge in [-0.2, -0.15) is 0 Å². The zero-order valence-electron chi connectivity index (χ0n) is 21.3. The molecule has 0 unspecified atom stereocenters. The maximum absolute atomic E-state index is 12.9. The highest BCUT2D eigenvalue weighted by atomic mass is 32.1. The molecule has 0 bridgehead atoms. The van der Waals surface area contributed by atoms with E-state index in [1.807, 2.05) is 39.0 Å². The van der Waals surface area contributed by atoms with Crippen LogP contribution in [0, 0.1) is 0 Å². The smallest absolute Gasteiger partial charge is 0.261 e. The molecule has 4 rings (SSSR count). The number of oxime groups is 1. The van der Waals surface area contributed by atoms with E-state index in [2.05, 4.69) is 39.2 Å². The van der Waals surface area contributed by atoms with Gasteiger partial charge in [-0.3, -0.25) is 4.79 Å². The summed E-state index contributed by atoms with van der Waals surface area (Å²) in [7, 11) is 0. The maximum Gasteiger partial charge on any atom is 0.261 e. The average molecular weight is 513 g/mol. The standard InChI is InChI=1S/C25H32N6O4S/c1-6-31(7-2)10-11-35-30-20(15-8-9-17-18(12-15)34-14-33-17)21-16-13-19(22(32)29-25(3,4)5)36-23(16)28-24(26)27-21/h8-9,12-13H,6-7,10-11,14H2,1-5H3,(H,29,32)(H2,26,27,28)/b30-20-. The fourth-order valence-corrected chi connectivity index (χ4v) is 4.66. The average Bonchev–Trinajstić information content (AvgIpc) is 3.46. The van der Waals surface area contributed by atoms with Crippen molar-refractivity contribution in [1.82, 2.24) is 20.2 Å². The van der Waals surface area contributed by atoms with Gasteiger partial charge in [-0.05, 0) is 58.1 Å². The number of anilines is 1. The van der Waals surface area contributed by atoms with E-state index in [4.69, 9.17) is 20.0 Å². The number of carbonyl (C=O) groups is 1. The molecule has 0 fully saturated rings. The predicted octanol–water partition coefficient (Wildman–Crippen LogP) is 3.64. The van der Waals surface area contributed by atoms with Gasteiger partial charge in [-0.15, -0.1) is 11.3 Å². The van der Waals surface area contributed by atoms with Crippen LogP contribution >= 0.6 is 11.3 Å². The van der Waals surface area contributed by atoms with Gasteiger partial charge in [0.15, 0.2) is 11.5 Å². The Morgan fingerprint density at radius 2 is 1.94 bits per heavy atom. The maximum atomic E-state index is 12.9. The van der Waals surface area contributed by atoms with Crippen LogP contribution in [-0.4, -0.2) is 65.1 Å². The van der Waals surface area contributed by atoms with Crippen LogP contribution in [0.25, 0.3) is 10.2 Å². The number of nitrogens with zero attached hydrogens (tertiary/aromatic N) is 4. The number of rotatable bonds is 9. The molecule has 3 N–H and O–H groups in total. The quantitative estimate of drug-likeness (QED) is 0.253. The summed E-state index contributed by atoms with van der Waals surface area (Å²) in [6.07, 6.45) is 0. The van der Waals surface area contributed by atoms with Crippen LogP contribution in [0.3, 0.4) is 0 Å². The summed E-state index contributed by atoms with van der Waals surface area (Å²) >= 11 is 1.25. The van der Waals surface area contributed by atoms with Crippen molar-refractivity contribution < 1.29 is 19.1 Å². The number of ether oxygens (including phenoxy) is 2. The van der Waals surface area contributed by atoms with Gasteiger partial charge in [0.25, 0.3) is 5.91 Å². The largest absolute Gasteiger partial charge is 0.454 e. The number of benzene rings is 1. The first-order valence-electron chi connectivity index (χ1n) is 11.9. The highest BCUT2D eigenvalue weighted by molar-refractivity contribution is 7.20. The number of thiophene rings is 1. The normalized spacial score (nSPS) is 13.4. The van der Waals surface area contributed by atoms with E-state index in [9.17, 15) is 4.79 Å². The molecule has 192 valence electrons. The zero-order chi connectivity index (χ0) is 25.9. The van der Waals surface area contributed by atoms with Crippen molar-refractivity contribution in [2.24, 2.45) is 5.16 Å². The molecule has 36 heavy (non-hydrogen) atoms. The minimum atomic E-state index is -0.376. The van der Waals surface area contributed by atoms with Gasteiger partial charge < -0.3 is 30.3 Å². The highest BCUT2D eigenvalue weighted by Gasteiger charge is 2.24. The third-order valence-electron chi connectivity index (χ3n) is 5.54. The monoisotopic (exact) mass is 512 g/mol. The van der Waals surface area contributed by atoms with Crippen molar-refractivity contribution >= 4 is 39.1 Å². The van der Waals surface area contributed by atoms with Crippen molar-refractivity contribution in [3.8, 4) is 11.5 Å². The number of amides is 1. The Balaban J connectivity index is 1.76. The second-order valence-corrected chi connectivity index (χ2v) is 10.4. The topological polar surface area (TPSA) is 124 Å². The molecular formula is C25H32N6O4S. The summed E-state index contributed by atoms with van der Waals surface area (Å²) in [5.41, 5.74) is 7.37. The Hall–Kier alpha value is -3.44. The van der Waals surface area contributed by atoms with Crippen molar-refractivity contribution in [2.45, 2.75) is 40.2 Å². The van der Waals surface area contributed by atoms with Crippen LogP contribution in [0.4, 0.5) is 5.95 Å². The van der Waals surface area contributed by atoms with Crippen molar-refractivity contribution in [3.63, 3.8) is 0 Å². The first-order chi connectivity index (χ1) is 17.2. The molecule has 0 spiro atoms. The van der Waals surface area contributed by atoms with Gasteiger partial charge in [0.05, 0.1) is 4.88 Å². The molecule has 10 nitrogen and oxygen atoms in total. The van der Waals surface area contributed by atoms with Crippen LogP contribution in [0.2, 0.25) is 0 Å². The van der Waals surface area contributed by atoms with E-state index in [1.54, 1.807) is 6.07 Å². The third-order valence-corrected chi connectivity index (χ3v) is 6.57. The Bertz CT molecular complexity index is 1280. The number of nitrogens with one attached hydrogen (secondary N) is 1. The van der Waals surface area contributed by atoms with Gasteiger partial charge in [0.2, 0.25) is 12.7 Å². The summed E-state index contributed by atoms with van der Waals surface area (Å²) in [5, 5.41) is 8.14. The fraction of sp³-hybridized carbons (Fsp3) is 0.440. The second-order valence-electron chi connectivity index (χ2n) is 9.33.